The Kier molecular flexibility index (Phi) is 7.06. The molecule has 2 rings (SSSR count). The summed E-state index contributed by atoms with van der Waals surface area (Å²) in [4.78, 5) is 0. The molecule has 0 radical (unpaired) electrons. The van der Waals surface area contributed by atoms with Gasteiger partial charge in [0.05, 0.1) is 0 Å². The van der Waals surface area contributed by atoms with Gasteiger partial charge < -0.3 is 0 Å². The van der Waals surface area contributed by atoms with Crippen LogP contribution in [0.25, 0.3) is 6.08 Å². The van der Waals surface area contributed by atoms with Gasteiger partial charge in [0.1, 0.15) is 0 Å². The van der Waals surface area contributed by atoms with Gasteiger partial charge in [0, 0.05) is 0 Å². The molecule has 0 atom stereocenters. The molecule has 21 heavy (non-hydrogen) atoms. The maximum absolute atomic E-state index is 2.38. The first-order valence-corrected chi connectivity index (χ1v) is 9.07. The standard InChI is InChI=1S/C21H32/c1-3-7-19-14-16-21(17-15-19)9-6-5-8-20-12-10-18(4-2)11-13-20/h6,9,14-18,20H,3-5,7-8,10-13H2,1-2H3. The van der Waals surface area contributed by atoms with Crippen LogP contribution in [0.3, 0.4) is 0 Å². The molecule has 0 amide bonds. The van der Waals surface area contributed by atoms with Gasteiger partial charge in [-0.3, -0.25) is 0 Å². The van der Waals surface area contributed by atoms with Crippen LogP contribution in [0.1, 0.15) is 76.3 Å². The maximum atomic E-state index is 2.38. The Morgan fingerprint density at radius 1 is 0.952 bits per heavy atom. The lowest BCUT2D eigenvalue weighted by Crippen LogP contribution is -2.13. The Morgan fingerprint density at radius 2 is 1.62 bits per heavy atom. The number of allylic oxidation sites excluding steroid dienone is 1. The molecule has 0 saturated heterocycles. The van der Waals surface area contributed by atoms with E-state index < -0.39 is 0 Å². The minimum atomic E-state index is 0.990. The normalized spacial score (nSPS) is 22.8. The van der Waals surface area contributed by atoms with E-state index in [-0.39, 0.29) is 0 Å². The summed E-state index contributed by atoms with van der Waals surface area (Å²) in [6.45, 7) is 4.58. The minimum absolute atomic E-state index is 0.990. The van der Waals surface area contributed by atoms with Gasteiger partial charge in [-0.25, -0.2) is 0 Å². The van der Waals surface area contributed by atoms with Gasteiger partial charge in [-0.05, 0) is 42.2 Å². The lowest BCUT2D eigenvalue weighted by Gasteiger charge is -2.27. The van der Waals surface area contributed by atoms with Crippen molar-refractivity contribution >= 4 is 6.08 Å². The van der Waals surface area contributed by atoms with Crippen molar-refractivity contribution in [2.75, 3.05) is 0 Å². The zero-order chi connectivity index (χ0) is 14.9. The summed E-state index contributed by atoms with van der Waals surface area (Å²) in [6.07, 6.45) is 17.0. The third kappa shape index (κ3) is 5.69. The van der Waals surface area contributed by atoms with E-state index in [1.807, 2.05) is 0 Å². The number of rotatable bonds is 7. The third-order valence-electron chi connectivity index (χ3n) is 5.11. The molecule has 1 saturated carbocycles. The van der Waals surface area contributed by atoms with Crippen molar-refractivity contribution in [3.8, 4) is 0 Å². The summed E-state index contributed by atoms with van der Waals surface area (Å²) < 4.78 is 0. The Balaban J connectivity index is 1.68. The summed E-state index contributed by atoms with van der Waals surface area (Å²) in [6, 6.07) is 9.06. The van der Waals surface area contributed by atoms with E-state index in [1.54, 1.807) is 0 Å². The van der Waals surface area contributed by atoms with Gasteiger partial charge >= 0.3 is 0 Å². The van der Waals surface area contributed by atoms with Crippen LogP contribution in [0.4, 0.5) is 0 Å². The molecule has 1 fully saturated rings. The molecule has 1 aromatic carbocycles. The molecule has 0 heterocycles. The van der Waals surface area contributed by atoms with E-state index in [9.17, 15) is 0 Å². The van der Waals surface area contributed by atoms with Crippen molar-refractivity contribution in [3.63, 3.8) is 0 Å². The summed E-state index contributed by atoms with van der Waals surface area (Å²) in [5.74, 6) is 2.02. The highest BCUT2D eigenvalue weighted by molar-refractivity contribution is 5.49. The van der Waals surface area contributed by atoms with E-state index in [4.69, 9.17) is 0 Å². The quantitative estimate of drug-likeness (QED) is 0.526. The van der Waals surface area contributed by atoms with E-state index >= 15 is 0 Å². The monoisotopic (exact) mass is 284 g/mol. The zero-order valence-corrected chi connectivity index (χ0v) is 14.0. The average Bonchev–Trinajstić information content (AvgIpc) is 2.54. The van der Waals surface area contributed by atoms with Crippen molar-refractivity contribution in [1.29, 1.82) is 0 Å². The number of benzene rings is 1. The first kappa shape index (κ1) is 16.3. The topological polar surface area (TPSA) is 0 Å². The van der Waals surface area contributed by atoms with Gasteiger partial charge in [-0.15, -0.1) is 0 Å². The molecular weight excluding hydrogens is 252 g/mol. The van der Waals surface area contributed by atoms with Crippen LogP contribution >= 0.6 is 0 Å². The minimum Gasteiger partial charge on any atom is -0.0839 e. The van der Waals surface area contributed by atoms with E-state index in [1.165, 1.54) is 68.9 Å². The molecule has 0 aromatic heterocycles. The number of aryl methyl sites for hydroxylation is 1. The van der Waals surface area contributed by atoms with Gasteiger partial charge in [0.15, 0.2) is 0 Å². The molecule has 0 unspecified atom stereocenters. The molecule has 116 valence electrons. The predicted octanol–water partition coefficient (Wildman–Crippen LogP) is 6.65. The second-order valence-corrected chi connectivity index (χ2v) is 6.77. The number of hydrogen-bond acceptors (Lipinski definition) is 0. The largest absolute Gasteiger partial charge is 0.0839 e. The molecule has 0 N–H and O–H groups in total. The highest BCUT2D eigenvalue weighted by Gasteiger charge is 2.18. The van der Waals surface area contributed by atoms with Crippen molar-refractivity contribution in [2.24, 2.45) is 11.8 Å². The summed E-state index contributed by atoms with van der Waals surface area (Å²) in [5.41, 5.74) is 2.81. The van der Waals surface area contributed by atoms with Gasteiger partial charge in [0.2, 0.25) is 0 Å². The lowest BCUT2D eigenvalue weighted by atomic mass is 9.79. The molecule has 1 aliphatic rings. The molecule has 1 aliphatic carbocycles. The Bertz CT molecular complexity index is 404. The smallest absolute Gasteiger partial charge is 0.0260 e. The van der Waals surface area contributed by atoms with E-state index in [0.717, 1.165) is 11.8 Å². The molecular formula is C21H32. The third-order valence-corrected chi connectivity index (χ3v) is 5.11. The van der Waals surface area contributed by atoms with Crippen LogP contribution < -0.4 is 0 Å². The van der Waals surface area contributed by atoms with Crippen molar-refractivity contribution in [1.82, 2.24) is 0 Å². The van der Waals surface area contributed by atoms with Gasteiger partial charge in [-0.1, -0.05) is 88.8 Å². The lowest BCUT2D eigenvalue weighted by molar-refractivity contribution is 0.260. The molecule has 0 heteroatoms. The summed E-state index contributed by atoms with van der Waals surface area (Å²) in [7, 11) is 0. The molecule has 0 bridgehead atoms. The molecule has 0 spiro atoms. The Morgan fingerprint density at radius 3 is 2.24 bits per heavy atom. The first-order chi connectivity index (χ1) is 10.3. The maximum Gasteiger partial charge on any atom is -0.0260 e. The molecule has 0 nitrogen and oxygen atoms in total. The van der Waals surface area contributed by atoms with E-state index in [2.05, 4.69) is 50.3 Å². The second kappa shape index (κ2) is 9.07. The van der Waals surface area contributed by atoms with Crippen LogP contribution in [0.2, 0.25) is 0 Å². The Labute approximate surface area is 131 Å². The highest BCUT2D eigenvalue weighted by atomic mass is 14.2. The van der Waals surface area contributed by atoms with Gasteiger partial charge in [0.25, 0.3) is 0 Å². The van der Waals surface area contributed by atoms with Gasteiger partial charge in [-0.2, -0.15) is 0 Å². The first-order valence-electron chi connectivity index (χ1n) is 9.07. The van der Waals surface area contributed by atoms with Crippen LogP contribution in [0, 0.1) is 11.8 Å². The fraction of sp³-hybridized carbons (Fsp3) is 0.619. The van der Waals surface area contributed by atoms with Crippen molar-refractivity contribution in [2.45, 2.75) is 71.6 Å². The SMILES string of the molecule is CCCc1ccc(C=CCCC2CCC(CC)CC2)cc1. The van der Waals surface area contributed by atoms with E-state index in [0.29, 0.717) is 0 Å². The Hall–Kier alpha value is -1.04. The fourth-order valence-electron chi connectivity index (χ4n) is 3.56. The summed E-state index contributed by atoms with van der Waals surface area (Å²) in [5, 5.41) is 0. The highest BCUT2D eigenvalue weighted by Crippen LogP contribution is 2.33. The van der Waals surface area contributed by atoms with Crippen LogP contribution in [-0.4, -0.2) is 0 Å². The number of hydrogen-bond donors (Lipinski definition) is 0. The fourth-order valence-corrected chi connectivity index (χ4v) is 3.56. The van der Waals surface area contributed by atoms with Crippen LogP contribution in [0.5, 0.6) is 0 Å². The van der Waals surface area contributed by atoms with Crippen molar-refractivity contribution in [3.05, 3.63) is 41.5 Å². The summed E-state index contributed by atoms with van der Waals surface area (Å²) >= 11 is 0. The predicted molar refractivity (Wildman–Crippen MR) is 94.4 cm³/mol. The van der Waals surface area contributed by atoms with Crippen LogP contribution in [0.15, 0.2) is 30.3 Å². The average molecular weight is 284 g/mol. The molecule has 1 aromatic rings. The molecule has 0 aliphatic heterocycles. The van der Waals surface area contributed by atoms with Crippen LogP contribution in [-0.2, 0) is 6.42 Å². The second-order valence-electron chi connectivity index (χ2n) is 6.77. The van der Waals surface area contributed by atoms with Crippen molar-refractivity contribution < 1.29 is 0 Å². The zero-order valence-electron chi connectivity index (χ0n) is 14.0.